The summed E-state index contributed by atoms with van der Waals surface area (Å²) in [7, 11) is 0. The summed E-state index contributed by atoms with van der Waals surface area (Å²) in [5.41, 5.74) is 1.91. The smallest absolute Gasteiger partial charge is 0.0234 e. The van der Waals surface area contributed by atoms with Crippen LogP contribution in [0.25, 0.3) is 0 Å². The lowest BCUT2D eigenvalue weighted by Crippen LogP contribution is -2.23. The van der Waals surface area contributed by atoms with Gasteiger partial charge in [-0.1, -0.05) is 51.1 Å². The molecule has 0 amide bonds. The SMILES string of the molecule is CC1CN(Cc2ccccc2)CC1(C)C. The Kier molecular flexibility index (Phi) is 2.83. The Morgan fingerprint density at radius 2 is 1.93 bits per heavy atom. The summed E-state index contributed by atoms with van der Waals surface area (Å²) in [5.74, 6) is 0.807. The number of hydrogen-bond acceptors (Lipinski definition) is 1. The molecular weight excluding hydrogens is 182 g/mol. The third-order valence-electron chi connectivity index (χ3n) is 3.75. The Morgan fingerprint density at radius 3 is 2.47 bits per heavy atom. The van der Waals surface area contributed by atoms with E-state index in [0.717, 1.165) is 12.5 Å². The van der Waals surface area contributed by atoms with Gasteiger partial charge in [-0.15, -0.1) is 0 Å². The fourth-order valence-electron chi connectivity index (χ4n) is 2.39. The number of benzene rings is 1. The standard InChI is InChI=1S/C14H21N/c1-12-9-15(11-14(12,2)3)10-13-7-5-4-6-8-13/h4-8,12H,9-11H2,1-3H3. The largest absolute Gasteiger partial charge is 0.298 e. The van der Waals surface area contributed by atoms with Crippen molar-refractivity contribution in [3.8, 4) is 0 Å². The summed E-state index contributed by atoms with van der Waals surface area (Å²) >= 11 is 0. The first kappa shape index (κ1) is 10.7. The molecule has 0 bridgehead atoms. The summed E-state index contributed by atoms with van der Waals surface area (Å²) in [6.07, 6.45) is 0. The number of nitrogens with zero attached hydrogens (tertiary/aromatic N) is 1. The molecule has 1 heteroatoms. The molecule has 1 saturated heterocycles. The molecule has 1 unspecified atom stereocenters. The monoisotopic (exact) mass is 203 g/mol. The highest BCUT2D eigenvalue weighted by Gasteiger charge is 2.35. The van der Waals surface area contributed by atoms with E-state index in [9.17, 15) is 0 Å². The maximum Gasteiger partial charge on any atom is 0.0234 e. The molecule has 0 saturated carbocycles. The molecule has 0 aliphatic carbocycles. The lowest BCUT2D eigenvalue weighted by Gasteiger charge is -2.22. The molecule has 15 heavy (non-hydrogen) atoms. The van der Waals surface area contributed by atoms with E-state index in [-0.39, 0.29) is 0 Å². The highest BCUT2D eigenvalue weighted by Crippen LogP contribution is 2.35. The minimum atomic E-state index is 0.481. The van der Waals surface area contributed by atoms with Crippen molar-refractivity contribution in [3.05, 3.63) is 35.9 Å². The van der Waals surface area contributed by atoms with Crippen molar-refractivity contribution in [1.82, 2.24) is 4.90 Å². The third-order valence-corrected chi connectivity index (χ3v) is 3.75. The molecule has 0 radical (unpaired) electrons. The molecule has 1 atom stereocenters. The molecule has 0 spiro atoms. The van der Waals surface area contributed by atoms with Crippen LogP contribution >= 0.6 is 0 Å². The minimum absolute atomic E-state index is 0.481. The minimum Gasteiger partial charge on any atom is -0.298 e. The van der Waals surface area contributed by atoms with Gasteiger partial charge in [-0.2, -0.15) is 0 Å². The summed E-state index contributed by atoms with van der Waals surface area (Å²) in [6.45, 7) is 10.7. The Bertz CT molecular complexity index is 315. The summed E-state index contributed by atoms with van der Waals surface area (Å²) in [4.78, 5) is 2.57. The Balaban J connectivity index is 1.99. The summed E-state index contributed by atoms with van der Waals surface area (Å²) < 4.78 is 0. The van der Waals surface area contributed by atoms with E-state index in [1.54, 1.807) is 0 Å². The molecular formula is C14H21N. The fraction of sp³-hybridized carbons (Fsp3) is 0.571. The Labute approximate surface area is 93.1 Å². The van der Waals surface area contributed by atoms with E-state index in [2.05, 4.69) is 56.0 Å². The average Bonchev–Trinajstić information content (AvgIpc) is 2.42. The van der Waals surface area contributed by atoms with Crippen LogP contribution in [0.15, 0.2) is 30.3 Å². The molecule has 1 aliphatic heterocycles. The van der Waals surface area contributed by atoms with Crippen LogP contribution in [0.5, 0.6) is 0 Å². The zero-order chi connectivity index (χ0) is 10.9. The van der Waals surface area contributed by atoms with E-state index in [1.807, 2.05) is 0 Å². The average molecular weight is 203 g/mol. The van der Waals surface area contributed by atoms with Gasteiger partial charge in [-0.25, -0.2) is 0 Å². The van der Waals surface area contributed by atoms with E-state index in [0.29, 0.717) is 5.41 Å². The third kappa shape index (κ3) is 2.40. The van der Waals surface area contributed by atoms with Crippen molar-refractivity contribution < 1.29 is 0 Å². The van der Waals surface area contributed by atoms with E-state index in [1.165, 1.54) is 18.7 Å². The van der Waals surface area contributed by atoms with Gasteiger partial charge < -0.3 is 0 Å². The molecule has 2 rings (SSSR count). The molecule has 1 nitrogen and oxygen atoms in total. The van der Waals surface area contributed by atoms with Crippen LogP contribution in [0.3, 0.4) is 0 Å². The first-order valence-corrected chi connectivity index (χ1v) is 5.84. The highest BCUT2D eigenvalue weighted by molar-refractivity contribution is 5.14. The van der Waals surface area contributed by atoms with E-state index >= 15 is 0 Å². The van der Waals surface area contributed by atoms with Crippen molar-refractivity contribution >= 4 is 0 Å². The molecule has 1 aromatic rings. The van der Waals surface area contributed by atoms with Crippen LogP contribution < -0.4 is 0 Å². The highest BCUT2D eigenvalue weighted by atomic mass is 15.2. The molecule has 1 aliphatic rings. The lowest BCUT2D eigenvalue weighted by atomic mass is 9.84. The Morgan fingerprint density at radius 1 is 1.27 bits per heavy atom. The van der Waals surface area contributed by atoms with Crippen LogP contribution in [-0.4, -0.2) is 18.0 Å². The van der Waals surface area contributed by atoms with Crippen molar-refractivity contribution in [2.45, 2.75) is 27.3 Å². The van der Waals surface area contributed by atoms with Crippen LogP contribution in [0.4, 0.5) is 0 Å². The van der Waals surface area contributed by atoms with Crippen molar-refractivity contribution in [1.29, 1.82) is 0 Å². The quantitative estimate of drug-likeness (QED) is 0.713. The number of likely N-dealkylation sites (tertiary alicyclic amines) is 1. The van der Waals surface area contributed by atoms with Crippen molar-refractivity contribution in [2.24, 2.45) is 11.3 Å². The van der Waals surface area contributed by atoms with Crippen molar-refractivity contribution in [2.75, 3.05) is 13.1 Å². The predicted molar refractivity (Wildman–Crippen MR) is 64.7 cm³/mol. The maximum absolute atomic E-state index is 2.57. The number of hydrogen-bond donors (Lipinski definition) is 0. The van der Waals surface area contributed by atoms with Gasteiger partial charge in [0, 0.05) is 19.6 Å². The zero-order valence-corrected chi connectivity index (χ0v) is 10.0. The molecule has 1 aromatic carbocycles. The van der Waals surface area contributed by atoms with Crippen LogP contribution in [0, 0.1) is 11.3 Å². The lowest BCUT2D eigenvalue weighted by molar-refractivity contribution is 0.275. The maximum atomic E-state index is 2.57. The summed E-state index contributed by atoms with van der Waals surface area (Å²) in [5, 5.41) is 0. The normalized spacial score (nSPS) is 25.7. The number of rotatable bonds is 2. The van der Waals surface area contributed by atoms with Gasteiger partial charge in [0.1, 0.15) is 0 Å². The molecule has 1 fully saturated rings. The van der Waals surface area contributed by atoms with Crippen LogP contribution in [0.1, 0.15) is 26.3 Å². The first-order valence-electron chi connectivity index (χ1n) is 5.84. The molecule has 0 aromatic heterocycles. The second-order valence-corrected chi connectivity index (χ2v) is 5.54. The van der Waals surface area contributed by atoms with Crippen LogP contribution in [0.2, 0.25) is 0 Å². The summed E-state index contributed by atoms with van der Waals surface area (Å²) in [6, 6.07) is 10.8. The van der Waals surface area contributed by atoms with Gasteiger partial charge in [0.05, 0.1) is 0 Å². The van der Waals surface area contributed by atoms with E-state index < -0.39 is 0 Å². The second-order valence-electron chi connectivity index (χ2n) is 5.54. The van der Waals surface area contributed by atoms with Gasteiger partial charge in [0.25, 0.3) is 0 Å². The predicted octanol–water partition coefficient (Wildman–Crippen LogP) is 3.16. The first-order chi connectivity index (χ1) is 7.08. The molecule has 1 heterocycles. The van der Waals surface area contributed by atoms with E-state index in [4.69, 9.17) is 0 Å². The fourth-order valence-corrected chi connectivity index (χ4v) is 2.39. The van der Waals surface area contributed by atoms with Crippen LogP contribution in [-0.2, 0) is 6.54 Å². The second kappa shape index (κ2) is 3.97. The van der Waals surface area contributed by atoms with Gasteiger partial charge in [0.2, 0.25) is 0 Å². The zero-order valence-electron chi connectivity index (χ0n) is 10.0. The van der Waals surface area contributed by atoms with Gasteiger partial charge in [-0.3, -0.25) is 4.90 Å². The topological polar surface area (TPSA) is 3.24 Å². The van der Waals surface area contributed by atoms with Gasteiger partial charge in [-0.05, 0) is 16.9 Å². The Hall–Kier alpha value is -0.820. The molecule has 0 N–H and O–H groups in total. The molecule has 82 valence electrons. The van der Waals surface area contributed by atoms with Crippen molar-refractivity contribution in [3.63, 3.8) is 0 Å². The van der Waals surface area contributed by atoms with Gasteiger partial charge in [0.15, 0.2) is 0 Å². The van der Waals surface area contributed by atoms with Gasteiger partial charge >= 0.3 is 0 Å².